The third-order valence-corrected chi connectivity index (χ3v) is 7.54. The minimum Gasteiger partial charge on any atom is -0.451 e. The predicted molar refractivity (Wildman–Crippen MR) is 109 cm³/mol. The van der Waals surface area contributed by atoms with Gasteiger partial charge in [-0.15, -0.1) is 11.3 Å². The Morgan fingerprint density at radius 3 is 2.76 bits per heavy atom. The van der Waals surface area contributed by atoms with Crippen molar-refractivity contribution in [2.45, 2.75) is 19.4 Å². The number of benzene rings is 1. The highest BCUT2D eigenvalue weighted by atomic mass is 32.2. The van der Waals surface area contributed by atoms with Crippen LogP contribution in [0.2, 0.25) is 0 Å². The molecule has 4 rings (SSSR count). The molecule has 0 spiro atoms. The average Bonchev–Trinajstić information content (AvgIpc) is 3.35. The number of hydrogen-bond acceptors (Lipinski definition) is 7. The summed E-state index contributed by atoms with van der Waals surface area (Å²) in [5.74, 6) is -1.11. The van der Waals surface area contributed by atoms with Gasteiger partial charge in [-0.05, 0) is 31.5 Å². The van der Waals surface area contributed by atoms with Crippen LogP contribution in [0, 0.1) is 6.92 Å². The third-order valence-electron chi connectivity index (χ3n) is 4.68. The van der Waals surface area contributed by atoms with Crippen LogP contribution in [-0.2, 0) is 19.4 Å². The number of thiophene rings is 1. The van der Waals surface area contributed by atoms with Gasteiger partial charge in [0, 0.05) is 11.4 Å². The summed E-state index contributed by atoms with van der Waals surface area (Å²) in [5, 5.41) is 7.98. The number of carbonyl (C=O) groups is 2. The van der Waals surface area contributed by atoms with Gasteiger partial charge in [0.2, 0.25) is 0 Å². The monoisotopic (exact) mass is 433 g/mol. The summed E-state index contributed by atoms with van der Waals surface area (Å²) in [6, 6.07) is 10.9. The maximum absolute atomic E-state index is 12.4. The third kappa shape index (κ3) is 4.18. The van der Waals surface area contributed by atoms with Crippen molar-refractivity contribution in [2.75, 3.05) is 18.1 Å². The molecule has 1 aromatic carbocycles. The SMILES string of the molecule is Cc1nn(-c2ccccc2)c2sc(C(=O)OCC(=O)NC3CCS(=O)(=O)C3)cc12. The van der Waals surface area contributed by atoms with E-state index in [9.17, 15) is 18.0 Å². The van der Waals surface area contributed by atoms with E-state index in [1.807, 2.05) is 37.3 Å². The van der Waals surface area contributed by atoms with Crippen molar-refractivity contribution >= 4 is 43.3 Å². The van der Waals surface area contributed by atoms with Crippen molar-refractivity contribution in [3.05, 3.63) is 47.0 Å². The number of rotatable bonds is 5. The van der Waals surface area contributed by atoms with Crippen molar-refractivity contribution in [3.8, 4) is 5.69 Å². The lowest BCUT2D eigenvalue weighted by Crippen LogP contribution is -2.38. The second-order valence-corrected chi connectivity index (χ2v) is 10.2. The van der Waals surface area contributed by atoms with Gasteiger partial charge in [0.05, 0.1) is 22.9 Å². The van der Waals surface area contributed by atoms with Gasteiger partial charge in [-0.2, -0.15) is 5.10 Å². The highest BCUT2D eigenvalue weighted by Gasteiger charge is 2.29. The number of carbonyl (C=O) groups excluding carboxylic acids is 2. The summed E-state index contributed by atoms with van der Waals surface area (Å²) in [6.45, 7) is 1.42. The molecule has 3 heterocycles. The van der Waals surface area contributed by atoms with E-state index in [-0.39, 0.29) is 11.5 Å². The Bertz CT molecular complexity index is 1180. The van der Waals surface area contributed by atoms with Crippen LogP contribution in [-0.4, -0.2) is 54.2 Å². The van der Waals surface area contributed by atoms with E-state index in [4.69, 9.17) is 4.74 Å². The minimum atomic E-state index is -3.08. The Morgan fingerprint density at radius 2 is 2.07 bits per heavy atom. The van der Waals surface area contributed by atoms with Crippen LogP contribution >= 0.6 is 11.3 Å². The van der Waals surface area contributed by atoms with Gasteiger partial charge in [-0.3, -0.25) is 4.79 Å². The lowest BCUT2D eigenvalue weighted by Gasteiger charge is -2.10. The van der Waals surface area contributed by atoms with Crippen molar-refractivity contribution in [3.63, 3.8) is 0 Å². The normalized spacial score (nSPS) is 18.0. The van der Waals surface area contributed by atoms with E-state index in [1.165, 1.54) is 11.3 Å². The van der Waals surface area contributed by atoms with E-state index in [1.54, 1.807) is 10.7 Å². The predicted octanol–water partition coefficient (Wildman–Crippen LogP) is 1.86. The summed E-state index contributed by atoms with van der Waals surface area (Å²) in [5.41, 5.74) is 1.68. The summed E-state index contributed by atoms with van der Waals surface area (Å²) >= 11 is 1.25. The van der Waals surface area contributed by atoms with Crippen molar-refractivity contribution < 1.29 is 22.7 Å². The smallest absolute Gasteiger partial charge is 0.348 e. The molecule has 1 aliphatic rings. The maximum atomic E-state index is 12.4. The number of aryl methyl sites for hydroxylation is 1. The lowest BCUT2D eigenvalue weighted by molar-refractivity contribution is -0.124. The van der Waals surface area contributed by atoms with Crippen LogP contribution in [0.1, 0.15) is 21.8 Å². The van der Waals surface area contributed by atoms with Gasteiger partial charge in [0.15, 0.2) is 16.4 Å². The quantitative estimate of drug-likeness (QED) is 0.616. The lowest BCUT2D eigenvalue weighted by atomic mass is 10.2. The number of sulfone groups is 1. The Morgan fingerprint density at radius 1 is 1.31 bits per heavy atom. The first-order chi connectivity index (χ1) is 13.8. The van der Waals surface area contributed by atoms with Gasteiger partial charge in [-0.1, -0.05) is 18.2 Å². The molecule has 1 unspecified atom stereocenters. The Labute approximate surface area is 171 Å². The van der Waals surface area contributed by atoms with Gasteiger partial charge in [-0.25, -0.2) is 17.9 Å². The zero-order valence-corrected chi connectivity index (χ0v) is 17.3. The van der Waals surface area contributed by atoms with Crippen LogP contribution in [0.3, 0.4) is 0 Å². The molecule has 1 saturated heterocycles. The number of ether oxygens (including phenoxy) is 1. The second-order valence-electron chi connectivity index (χ2n) is 6.91. The van der Waals surface area contributed by atoms with Crippen LogP contribution in [0.5, 0.6) is 0 Å². The fraction of sp³-hybridized carbons (Fsp3) is 0.316. The zero-order chi connectivity index (χ0) is 20.6. The molecule has 0 saturated carbocycles. The maximum Gasteiger partial charge on any atom is 0.348 e. The van der Waals surface area contributed by atoms with Crippen LogP contribution in [0.4, 0.5) is 0 Å². The minimum absolute atomic E-state index is 0.0668. The largest absolute Gasteiger partial charge is 0.451 e. The Kier molecular flexibility index (Phi) is 5.13. The fourth-order valence-electron chi connectivity index (χ4n) is 3.27. The molecular weight excluding hydrogens is 414 g/mol. The van der Waals surface area contributed by atoms with E-state index >= 15 is 0 Å². The van der Waals surface area contributed by atoms with E-state index < -0.39 is 34.4 Å². The highest BCUT2D eigenvalue weighted by molar-refractivity contribution is 7.91. The van der Waals surface area contributed by atoms with E-state index in [2.05, 4.69) is 10.4 Å². The van der Waals surface area contributed by atoms with Crippen LogP contribution in [0.25, 0.3) is 15.9 Å². The molecule has 29 heavy (non-hydrogen) atoms. The molecule has 1 aliphatic heterocycles. The molecule has 0 aliphatic carbocycles. The van der Waals surface area contributed by atoms with Crippen LogP contribution in [0.15, 0.2) is 36.4 Å². The number of nitrogens with one attached hydrogen (secondary N) is 1. The number of fused-ring (bicyclic) bond motifs is 1. The van der Waals surface area contributed by atoms with Gasteiger partial charge >= 0.3 is 5.97 Å². The zero-order valence-electron chi connectivity index (χ0n) is 15.6. The second kappa shape index (κ2) is 7.60. The number of hydrogen-bond donors (Lipinski definition) is 1. The molecule has 10 heteroatoms. The molecule has 0 bridgehead atoms. The van der Waals surface area contributed by atoms with Gasteiger partial charge in [0.25, 0.3) is 5.91 Å². The van der Waals surface area contributed by atoms with E-state index in [0.29, 0.717) is 11.3 Å². The number of nitrogens with zero attached hydrogens (tertiary/aromatic N) is 2. The first-order valence-electron chi connectivity index (χ1n) is 9.04. The number of amides is 1. The number of para-hydroxylation sites is 1. The molecule has 1 fully saturated rings. The molecule has 2 aromatic heterocycles. The molecule has 1 N–H and O–H groups in total. The topological polar surface area (TPSA) is 107 Å². The summed E-state index contributed by atoms with van der Waals surface area (Å²) < 4.78 is 29.8. The first-order valence-corrected chi connectivity index (χ1v) is 11.7. The first kappa shape index (κ1) is 19.6. The average molecular weight is 434 g/mol. The molecule has 8 nitrogen and oxygen atoms in total. The van der Waals surface area contributed by atoms with Crippen molar-refractivity contribution in [1.29, 1.82) is 0 Å². The van der Waals surface area contributed by atoms with Crippen molar-refractivity contribution in [2.24, 2.45) is 0 Å². The van der Waals surface area contributed by atoms with Gasteiger partial charge in [0.1, 0.15) is 9.71 Å². The molecule has 1 atom stereocenters. The van der Waals surface area contributed by atoms with Crippen molar-refractivity contribution in [1.82, 2.24) is 15.1 Å². The Hall–Kier alpha value is -2.72. The molecule has 152 valence electrons. The standard InChI is InChI=1S/C19H19N3O5S2/c1-12-15-9-16(28-18(15)22(21-12)14-5-3-2-4-6-14)19(24)27-10-17(23)20-13-7-8-29(25,26)11-13/h2-6,9,13H,7-8,10-11H2,1H3,(H,20,23). The Balaban J connectivity index is 1.43. The van der Waals surface area contributed by atoms with E-state index in [0.717, 1.165) is 21.6 Å². The number of esters is 1. The van der Waals surface area contributed by atoms with Crippen LogP contribution < -0.4 is 5.32 Å². The summed E-state index contributed by atoms with van der Waals surface area (Å²) in [7, 11) is -3.08. The molecule has 0 radical (unpaired) electrons. The fourth-order valence-corrected chi connectivity index (χ4v) is 6.02. The molecule has 1 amide bonds. The van der Waals surface area contributed by atoms with Gasteiger partial charge < -0.3 is 10.1 Å². The molecular formula is C19H19N3O5S2. The summed E-state index contributed by atoms with van der Waals surface area (Å²) in [6.07, 6.45) is 0.383. The summed E-state index contributed by atoms with van der Waals surface area (Å²) in [4.78, 5) is 25.6. The highest BCUT2D eigenvalue weighted by Crippen LogP contribution is 2.30. The molecule has 3 aromatic rings. The number of aromatic nitrogens is 2.